The lowest BCUT2D eigenvalue weighted by atomic mass is 10.1. The minimum absolute atomic E-state index is 0.204. The molecule has 2 heterocycles. The molecule has 1 aliphatic heterocycles. The summed E-state index contributed by atoms with van der Waals surface area (Å²) in [7, 11) is -3.55. The quantitative estimate of drug-likeness (QED) is 0.668. The van der Waals surface area contributed by atoms with Crippen LogP contribution >= 0.6 is 0 Å². The molecular formula is C20H22N4O4S. The first kappa shape index (κ1) is 19.3. The van der Waals surface area contributed by atoms with Gasteiger partial charge in [-0.3, -0.25) is 9.82 Å². The Hall–Kier alpha value is -3.07. The Balaban J connectivity index is 1.31. The molecule has 2 N–H and O–H groups in total. The van der Waals surface area contributed by atoms with E-state index in [1.54, 1.807) is 29.3 Å². The van der Waals surface area contributed by atoms with E-state index in [2.05, 4.69) is 14.9 Å². The normalized spacial score (nSPS) is 15.4. The zero-order valence-corrected chi connectivity index (χ0v) is 16.6. The Bertz CT molecular complexity index is 1090. The number of carbonyl (C=O) groups excluding carboxylic acids is 1. The van der Waals surface area contributed by atoms with E-state index in [0.717, 1.165) is 16.5 Å². The van der Waals surface area contributed by atoms with Gasteiger partial charge in [-0.15, -0.1) is 0 Å². The standard InChI is InChI=1S/C20H22N4O4S/c25-20(28-14-15-4-2-1-3-5-15)24-10-8-18(9-11-24)29(26,27)23-17-6-7-19-16(12-17)13-21-22-19/h1-7,12-13,18,23H,8-11,14H2,(H,21,22). The van der Waals surface area contributed by atoms with Gasteiger partial charge in [-0.05, 0) is 36.6 Å². The SMILES string of the molecule is O=C(OCc1ccccc1)N1CCC(S(=O)(=O)Nc2ccc3[nH]ncc3c2)CC1. The van der Waals surface area contributed by atoms with E-state index in [-0.39, 0.29) is 6.61 Å². The summed E-state index contributed by atoms with van der Waals surface area (Å²) in [6.07, 6.45) is 1.96. The fraction of sp³-hybridized carbons (Fsp3) is 0.300. The van der Waals surface area contributed by atoms with Gasteiger partial charge in [-0.25, -0.2) is 13.2 Å². The second-order valence-corrected chi connectivity index (χ2v) is 9.01. The van der Waals surface area contributed by atoms with E-state index in [1.807, 2.05) is 30.3 Å². The smallest absolute Gasteiger partial charge is 0.410 e. The number of benzene rings is 2. The number of hydrogen-bond donors (Lipinski definition) is 2. The molecule has 0 bridgehead atoms. The van der Waals surface area contributed by atoms with E-state index in [0.29, 0.717) is 31.6 Å². The molecule has 0 aliphatic carbocycles. The van der Waals surface area contributed by atoms with E-state index >= 15 is 0 Å². The fourth-order valence-corrected chi connectivity index (χ4v) is 4.87. The van der Waals surface area contributed by atoms with Crippen molar-refractivity contribution in [3.63, 3.8) is 0 Å². The number of hydrogen-bond acceptors (Lipinski definition) is 5. The zero-order valence-electron chi connectivity index (χ0n) is 15.7. The number of nitrogens with zero attached hydrogens (tertiary/aromatic N) is 2. The molecule has 0 unspecified atom stereocenters. The summed E-state index contributed by atoms with van der Waals surface area (Å²) in [5.74, 6) is 0. The minimum Gasteiger partial charge on any atom is -0.445 e. The summed E-state index contributed by atoms with van der Waals surface area (Å²) in [5, 5.41) is 7.05. The first-order valence-corrected chi connectivity index (χ1v) is 11.0. The molecule has 3 aromatic rings. The summed E-state index contributed by atoms with van der Waals surface area (Å²) >= 11 is 0. The maximum absolute atomic E-state index is 12.7. The molecule has 1 aliphatic rings. The zero-order chi connectivity index (χ0) is 20.3. The maximum Gasteiger partial charge on any atom is 0.410 e. The lowest BCUT2D eigenvalue weighted by Gasteiger charge is -2.31. The van der Waals surface area contributed by atoms with E-state index in [1.165, 1.54) is 0 Å². The number of aromatic nitrogens is 2. The number of H-pyrrole nitrogens is 1. The molecule has 4 rings (SSSR count). The highest BCUT2D eigenvalue weighted by molar-refractivity contribution is 7.93. The molecule has 9 heteroatoms. The predicted molar refractivity (Wildman–Crippen MR) is 110 cm³/mol. The van der Waals surface area contributed by atoms with Gasteiger partial charge in [0.2, 0.25) is 10.0 Å². The van der Waals surface area contributed by atoms with Gasteiger partial charge >= 0.3 is 6.09 Å². The monoisotopic (exact) mass is 414 g/mol. The lowest BCUT2D eigenvalue weighted by Crippen LogP contribution is -2.44. The van der Waals surface area contributed by atoms with Crippen LogP contribution in [0.3, 0.4) is 0 Å². The number of ether oxygens (including phenoxy) is 1. The van der Waals surface area contributed by atoms with Gasteiger partial charge in [-0.2, -0.15) is 5.10 Å². The molecule has 1 aromatic heterocycles. The summed E-state index contributed by atoms with van der Waals surface area (Å²) in [6.45, 7) is 0.899. The van der Waals surface area contributed by atoms with Gasteiger partial charge in [0.25, 0.3) is 0 Å². The van der Waals surface area contributed by atoms with Crippen molar-refractivity contribution in [1.82, 2.24) is 15.1 Å². The lowest BCUT2D eigenvalue weighted by molar-refractivity contribution is 0.0897. The highest BCUT2D eigenvalue weighted by Gasteiger charge is 2.32. The number of nitrogens with one attached hydrogen (secondary N) is 2. The largest absolute Gasteiger partial charge is 0.445 e. The molecule has 29 heavy (non-hydrogen) atoms. The predicted octanol–water partition coefficient (Wildman–Crippen LogP) is 3.11. The highest BCUT2D eigenvalue weighted by Crippen LogP contribution is 2.23. The first-order valence-electron chi connectivity index (χ1n) is 9.42. The van der Waals surface area contributed by atoms with Crippen molar-refractivity contribution in [2.45, 2.75) is 24.7 Å². The third-order valence-electron chi connectivity index (χ3n) is 5.04. The van der Waals surface area contributed by atoms with Gasteiger partial charge in [0, 0.05) is 24.2 Å². The average molecular weight is 414 g/mol. The number of rotatable bonds is 5. The van der Waals surface area contributed by atoms with Crippen LogP contribution < -0.4 is 4.72 Å². The Labute approximate surface area is 168 Å². The van der Waals surface area contributed by atoms with Crippen LogP contribution in [0.15, 0.2) is 54.7 Å². The molecule has 1 fully saturated rings. The van der Waals surface area contributed by atoms with Crippen molar-refractivity contribution in [1.29, 1.82) is 0 Å². The fourth-order valence-electron chi connectivity index (χ4n) is 3.41. The van der Waals surface area contributed by atoms with Gasteiger partial charge < -0.3 is 9.64 Å². The van der Waals surface area contributed by atoms with Crippen molar-refractivity contribution >= 4 is 32.7 Å². The van der Waals surface area contributed by atoms with E-state index in [9.17, 15) is 13.2 Å². The van der Waals surface area contributed by atoms with Crippen molar-refractivity contribution < 1.29 is 17.9 Å². The Morgan fingerprint density at radius 2 is 1.93 bits per heavy atom. The topological polar surface area (TPSA) is 104 Å². The summed E-state index contributed by atoms with van der Waals surface area (Å²) in [6, 6.07) is 14.7. The Kier molecular flexibility index (Phi) is 5.39. The molecule has 0 radical (unpaired) electrons. The number of carbonyl (C=O) groups is 1. The Morgan fingerprint density at radius 3 is 2.69 bits per heavy atom. The molecule has 0 saturated carbocycles. The van der Waals surface area contributed by atoms with Crippen molar-refractivity contribution in [3.8, 4) is 0 Å². The van der Waals surface area contributed by atoms with Crippen LogP contribution in [-0.4, -0.2) is 47.9 Å². The number of piperidine rings is 1. The first-order chi connectivity index (χ1) is 14.0. The molecule has 0 atom stereocenters. The van der Waals surface area contributed by atoms with Gasteiger partial charge in [-0.1, -0.05) is 30.3 Å². The van der Waals surface area contributed by atoms with Crippen molar-refractivity contribution in [2.24, 2.45) is 0 Å². The van der Waals surface area contributed by atoms with Crippen molar-refractivity contribution in [2.75, 3.05) is 17.8 Å². The Morgan fingerprint density at radius 1 is 1.17 bits per heavy atom. The second kappa shape index (κ2) is 8.12. The molecule has 1 saturated heterocycles. The molecule has 8 nitrogen and oxygen atoms in total. The third-order valence-corrected chi connectivity index (χ3v) is 6.91. The van der Waals surface area contributed by atoms with Crippen molar-refractivity contribution in [3.05, 3.63) is 60.3 Å². The van der Waals surface area contributed by atoms with Crippen LogP contribution in [0.4, 0.5) is 10.5 Å². The van der Waals surface area contributed by atoms with Gasteiger partial charge in [0.15, 0.2) is 0 Å². The number of sulfonamides is 1. The van der Waals surface area contributed by atoms with Crippen LogP contribution in [0.25, 0.3) is 10.9 Å². The number of amides is 1. The number of likely N-dealkylation sites (tertiary alicyclic amines) is 1. The van der Waals surface area contributed by atoms with Crippen LogP contribution in [-0.2, 0) is 21.4 Å². The minimum atomic E-state index is -3.55. The van der Waals surface area contributed by atoms with E-state index in [4.69, 9.17) is 4.74 Å². The van der Waals surface area contributed by atoms with E-state index < -0.39 is 21.4 Å². The number of aromatic amines is 1. The van der Waals surface area contributed by atoms with Gasteiger partial charge in [0.1, 0.15) is 6.61 Å². The number of anilines is 1. The molecule has 152 valence electrons. The molecule has 2 aromatic carbocycles. The third kappa shape index (κ3) is 4.51. The second-order valence-electron chi connectivity index (χ2n) is 7.05. The maximum atomic E-state index is 12.7. The van der Waals surface area contributed by atoms with Crippen LogP contribution in [0, 0.1) is 0 Å². The van der Waals surface area contributed by atoms with Crippen LogP contribution in [0.5, 0.6) is 0 Å². The van der Waals surface area contributed by atoms with Crippen LogP contribution in [0.1, 0.15) is 18.4 Å². The van der Waals surface area contributed by atoms with Gasteiger partial charge in [0.05, 0.1) is 17.0 Å². The molecular weight excluding hydrogens is 392 g/mol. The summed E-state index contributed by atoms with van der Waals surface area (Å²) in [5.41, 5.74) is 2.26. The van der Waals surface area contributed by atoms with Crippen LogP contribution in [0.2, 0.25) is 0 Å². The average Bonchev–Trinajstić information content (AvgIpc) is 3.20. The highest BCUT2D eigenvalue weighted by atomic mass is 32.2. The summed E-state index contributed by atoms with van der Waals surface area (Å²) in [4.78, 5) is 13.8. The molecule has 0 spiro atoms. The molecule has 1 amide bonds. The number of fused-ring (bicyclic) bond motifs is 1. The summed E-state index contributed by atoms with van der Waals surface area (Å²) < 4.78 is 33.5.